The van der Waals surface area contributed by atoms with Crippen LogP contribution >= 0.6 is 11.8 Å². The number of nitrogen functional groups attached to an aromatic ring is 1. The predicted octanol–water partition coefficient (Wildman–Crippen LogP) is 0.432. The first-order valence-corrected chi connectivity index (χ1v) is 9.47. The Bertz CT molecular complexity index is 812. The van der Waals surface area contributed by atoms with Gasteiger partial charge in [0, 0.05) is 11.2 Å². The number of anilines is 1. The van der Waals surface area contributed by atoms with E-state index in [1.807, 2.05) is 0 Å². The van der Waals surface area contributed by atoms with Gasteiger partial charge in [-0.25, -0.2) is 15.0 Å². The third-order valence-electron chi connectivity index (χ3n) is 5.44. The smallest absolute Gasteiger partial charge is 0.191 e. The van der Waals surface area contributed by atoms with Crippen molar-refractivity contribution >= 4 is 28.7 Å². The first-order valence-electron chi connectivity index (χ1n) is 8.49. The van der Waals surface area contributed by atoms with E-state index in [4.69, 9.17) is 5.73 Å². The number of fused-ring (bicyclic) bond motifs is 2. The molecule has 0 bridgehead atoms. The monoisotopic (exact) mass is 365 g/mol. The first kappa shape index (κ1) is 17.0. The lowest BCUT2D eigenvalue weighted by Gasteiger charge is -2.23. The lowest BCUT2D eigenvalue weighted by atomic mass is 10.0. The Kier molecular flexibility index (Phi) is 3.95. The van der Waals surface area contributed by atoms with Gasteiger partial charge in [-0.2, -0.15) is 0 Å². The second-order valence-electron chi connectivity index (χ2n) is 7.55. The number of aliphatic hydroxyl groups excluding tert-OH is 3. The van der Waals surface area contributed by atoms with Crippen molar-refractivity contribution in [1.29, 1.82) is 0 Å². The molecule has 4 rings (SSSR count). The van der Waals surface area contributed by atoms with Crippen LogP contribution in [0, 0.1) is 17.3 Å². The van der Waals surface area contributed by atoms with Crippen LogP contribution in [0.25, 0.3) is 11.2 Å². The summed E-state index contributed by atoms with van der Waals surface area (Å²) in [5, 5.41) is 31.1. The van der Waals surface area contributed by atoms with Crippen molar-refractivity contribution in [3.05, 3.63) is 6.33 Å². The summed E-state index contributed by atoms with van der Waals surface area (Å²) in [7, 11) is 0. The van der Waals surface area contributed by atoms with Gasteiger partial charge in [0.25, 0.3) is 0 Å². The number of rotatable bonds is 5. The molecule has 2 heterocycles. The van der Waals surface area contributed by atoms with E-state index in [2.05, 4.69) is 28.8 Å². The molecule has 25 heavy (non-hydrogen) atoms. The number of nitrogens with zero attached hydrogens (tertiary/aromatic N) is 4. The highest BCUT2D eigenvalue weighted by molar-refractivity contribution is 7.99. The van der Waals surface area contributed by atoms with Crippen molar-refractivity contribution in [3.8, 4) is 0 Å². The molecule has 0 saturated heterocycles. The van der Waals surface area contributed by atoms with Gasteiger partial charge in [0.05, 0.1) is 25.1 Å². The molecular weight excluding hydrogens is 342 g/mol. The van der Waals surface area contributed by atoms with E-state index in [1.165, 1.54) is 11.8 Å². The zero-order chi connectivity index (χ0) is 17.9. The maximum absolute atomic E-state index is 10.5. The lowest BCUT2D eigenvalue weighted by molar-refractivity contribution is -0.0300. The zero-order valence-corrected chi connectivity index (χ0v) is 15.0. The molecule has 2 aliphatic rings. The van der Waals surface area contributed by atoms with Gasteiger partial charge in [-0.15, -0.1) is 0 Å². The van der Waals surface area contributed by atoms with Gasteiger partial charge in [-0.05, 0) is 18.3 Å². The van der Waals surface area contributed by atoms with Gasteiger partial charge < -0.3 is 25.6 Å². The van der Waals surface area contributed by atoms with Crippen molar-refractivity contribution in [2.24, 2.45) is 17.3 Å². The average molecular weight is 365 g/mol. The molecule has 9 heteroatoms. The van der Waals surface area contributed by atoms with Crippen LogP contribution in [0.1, 0.15) is 26.3 Å². The van der Waals surface area contributed by atoms with E-state index in [0.717, 1.165) is 5.75 Å². The van der Waals surface area contributed by atoms with Gasteiger partial charge in [0.1, 0.15) is 11.6 Å². The molecule has 2 aromatic rings. The van der Waals surface area contributed by atoms with E-state index in [0.29, 0.717) is 34.5 Å². The fourth-order valence-corrected chi connectivity index (χ4v) is 4.79. The number of imidazole rings is 1. The third kappa shape index (κ3) is 2.44. The first-order chi connectivity index (χ1) is 11.9. The molecule has 5 N–H and O–H groups in total. The van der Waals surface area contributed by atoms with E-state index in [-0.39, 0.29) is 18.6 Å². The number of nitrogens with two attached hydrogens (primary N) is 1. The molecule has 0 aliphatic heterocycles. The van der Waals surface area contributed by atoms with Crippen molar-refractivity contribution < 1.29 is 15.3 Å². The standard InChI is InChI=1S/C16H23N5O3S/c1-7(2)4-25-15-19-13(17)9-14(20-15)21(6-18-9)10-8-3-16(8,5-22)12(24)11(10)23/h6-8,10-12,22-24H,3-5H2,1-2H3,(H2,17,19,20)/t8-,10-,11?,12-,16+/m1/s1. The van der Waals surface area contributed by atoms with Crippen molar-refractivity contribution in [2.75, 3.05) is 18.1 Å². The van der Waals surface area contributed by atoms with Crippen molar-refractivity contribution in [2.45, 2.75) is 43.7 Å². The van der Waals surface area contributed by atoms with Crippen LogP contribution in [0.15, 0.2) is 11.5 Å². The normalized spacial score (nSPS) is 34.0. The topological polar surface area (TPSA) is 130 Å². The molecule has 2 saturated carbocycles. The summed E-state index contributed by atoms with van der Waals surface area (Å²) in [6.07, 6.45) is 0.366. The third-order valence-corrected chi connectivity index (χ3v) is 6.72. The van der Waals surface area contributed by atoms with Crippen LogP contribution in [-0.4, -0.2) is 59.4 Å². The van der Waals surface area contributed by atoms with E-state index >= 15 is 0 Å². The van der Waals surface area contributed by atoms with Gasteiger partial charge in [0.2, 0.25) is 0 Å². The fourth-order valence-electron chi connectivity index (χ4n) is 3.99. The largest absolute Gasteiger partial charge is 0.396 e. The number of aliphatic hydroxyl groups is 3. The van der Waals surface area contributed by atoms with E-state index in [1.54, 1.807) is 10.9 Å². The minimum Gasteiger partial charge on any atom is -0.396 e. The summed E-state index contributed by atoms with van der Waals surface area (Å²) < 4.78 is 1.79. The Morgan fingerprint density at radius 2 is 2.16 bits per heavy atom. The SMILES string of the molecule is CC(C)CSc1nc(N)c2ncn([C@H]3C(O)[C@@H](O)[C@]4(CO)C[C@H]34)c2n1. The Hall–Kier alpha value is -1.42. The van der Waals surface area contributed by atoms with Gasteiger partial charge in [-0.3, -0.25) is 0 Å². The second kappa shape index (κ2) is 5.80. The summed E-state index contributed by atoms with van der Waals surface area (Å²) in [5.41, 5.74) is 6.50. The molecular formula is C16H23N5O3S. The highest BCUT2D eigenvalue weighted by Crippen LogP contribution is 2.67. The van der Waals surface area contributed by atoms with E-state index < -0.39 is 17.6 Å². The Morgan fingerprint density at radius 1 is 1.40 bits per heavy atom. The molecule has 8 nitrogen and oxygen atoms in total. The number of hydrogen-bond acceptors (Lipinski definition) is 8. The van der Waals surface area contributed by atoms with Crippen LogP contribution in [0.2, 0.25) is 0 Å². The summed E-state index contributed by atoms with van der Waals surface area (Å²) in [6, 6.07) is -0.371. The van der Waals surface area contributed by atoms with Crippen LogP contribution < -0.4 is 5.73 Å². The highest BCUT2D eigenvalue weighted by Gasteiger charge is 2.71. The Morgan fingerprint density at radius 3 is 2.80 bits per heavy atom. The molecule has 2 fully saturated rings. The van der Waals surface area contributed by atoms with Crippen LogP contribution in [0.4, 0.5) is 5.82 Å². The van der Waals surface area contributed by atoms with Gasteiger partial charge >= 0.3 is 0 Å². The van der Waals surface area contributed by atoms with E-state index in [9.17, 15) is 15.3 Å². The minimum atomic E-state index is -0.966. The number of hydrogen-bond donors (Lipinski definition) is 4. The molecule has 2 aliphatic carbocycles. The molecule has 0 radical (unpaired) electrons. The zero-order valence-electron chi connectivity index (χ0n) is 14.2. The van der Waals surface area contributed by atoms with Crippen LogP contribution in [0.5, 0.6) is 0 Å². The Labute approximate surface area is 149 Å². The summed E-state index contributed by atoms with van der Waals surface area (Å²) in [4.78, 5) is 13.2. The minimum absolute atomic E-state index is 0.00265. The molecule has 0 amide bonds. The van der Waals surface area contributed by atoms with Crippen LogP contribution in [-0.2, 0) is 0 Å². The average Bonchev–Trinajstić information content (AvgIpc) is 3.09. The van der Waals surface area contributed by atoms with Crippen molar-refractivity contribution in [1.82, 2.24) is 19.5 Å². The maximum atomic E-state index is 10.5. The number of aromatic nitrogens is 4. The van der Waals surface area contributed by atoms with Gasteiger partial charge in [-0.1, -0.05) is 25.6 Å². The quantitative estimate of drug-likeness (QED) is 0.443. The Balaban J connectivity index is 1.73. The highest BCUT2D eigenvalue weighted by atomic mass is 32.2. The van der Waals surface area contributed by atoms with Gasteiger partial charge in [0.15, 0.2) is 16.6 Å². The summed E-state index contributed by atoms with van der Waals surface area (Å²) in [5.74, 6) is 1.69. The molecule has 0 aromatic carbocycles. The maximum Gasteiger partial charge on any atom is 0.191 e. The summed E-state index contributed by atoms with van der Waals surface area (Å²) in [6.45, 7) is 4.11. The molecule has 1 unspecified atom stereocenters. The fraction of sp³-hybridized carbons (Fsp3) is 0.688. The molecule has 5 atom stereocenters. The molecule has 0 spiro atoms. The molecule has 2 aromatic heterocycles. The van der Waals surface area contributed by atoms with Crippen molar-refractivity contribution in [3.63, 3.8) is 0 Å². The lowest BCUT2D eigenvalue weighted by Crippen LogP contribution is -2.35. The van der Waals surface area contributed by atoms with Crippen LogP contribution in [0.3, 0.4) is 0 Å². The predicted molar refractivity (Wildman–Crippen MR) is 94.0 cm³/mol. The molecule has 136 valence electrons. The summed E-state index contributed by atoms with van der Waals surface area (Å²) >= 11 is 1.53. The number of thioether (sulfide) groups is 1. The second-order valence-corrected chi connectivity index (χ2v) is 8.54.